The van der Waals surface area contributed by atoms with E-state index < -0.39 is 17.8 Å². The van der Waals surface area contributed by atoms with Gasteiger partial charge >= 0.3 is 11.9 Å². The summed E-state index contributed by atoms with van der Waals surface area (Å²) in [6, 6.07) is 7.11. The molecule has 0 aromatic heterocycles. The fourth-order valence-electron chi connectivity index (χ4n) is 1.44. The Labute approximate surface area is 141 Å². The molecule has 0 unspecified atom stereocenters. The van der Waals surface area contributed by atoms with Crippen molar-refractivity contribution in [3.8, 4) is 5.75 Å². The molecule has 1 aromatic carbocycles. The zero-order valence-corrected chi connectivity index (χ0v) is 14.4. The highest BCUT2D eigenvalue weighted by Gasteiger charge is 2.21. The number of rotatable bonds is 7. The molecule has 0 saturated carbocycles. The smallest absolute Gasteiger partial charge is 0.325 e. The molecule has 0 aliphatic carbocycles. The Bertz CT molecular complexity index is 513. The molecule has 0 spiro atoms. The summed E-state index contributed by atoms with van der Waals surface area (Å²) in [5, 5.41) is 0. The first-order chi connectivity index (χ1) is 10.5. The SMILES string of the molecule is COC(=O)CN(CC(=O)OC)C(=O)COc1ccc(I)cc1. The number of hydrogen-bond acceptors (Lipinski definition) is 6. The quantitative estimate of drug-likeness (QED) is 0.480. The molecule has 1 amide bonds. The average molecular weight is 421 g/mol. The van der Waals surface area contributed by atoms with Crippen LogP contribution in [0.2, 0.25) is 0 Å². The Morgan fingerprint density at radius 1 is 1.00 bits per heavy atom. The van der Waals surface area contributed by atoms with E-state index in [0.29, 0.717) is 5.75 Å². The maximum Gasteiger partial charge on any atom is 0.325 e. The van der Waals surface area contributed by atoms with Gasteiger partial charge in [0.2, 0.25) is 0 Å². The summed E-state index contributed by atoms with van der Waals surface area (Å²) in [5.41, 5.74) is 0. The van der Waals surface area contributed by atoms with Gasteiger partial charge in [0.05, 0.1) is 14.2 Å². The predicted molar refractivity (Wildman–Crippen MR) is 85.3 cm³/mol. The number of methoxy groups -OCH3 is 2. The fourth-order valence-corrected chi connectivity index (χ4v) is 1.80. The van der Waals surface area contributed by atoms with Gasteiger partial charge in [-0.05, 0) is 46.9 Å². The van der Waals surface area contributed by atoms with Crippen LogP contribution in [0.5, 0.6) is 5.75 Å². The normalized spacial score (nSPS) is 9.77. The summed E-state index contributed by atoms with van der Waals surface area (Å²) in [4.78, 5) is 35.7. The van der Waals surface area contributed by atoms with Gasteiger partial charge in [-0.25, -0.2) is 0 Å². The first-order valence-corrected chi connectivity index (χ1v) is 7.34. The highest BCUT2D eigenvalue weighted by molar-refractivity contribution is 14.1. The van der Waals surface area contributed by atoms with E-state index in [4.69, 9.17) is 4.74 Å². The molecule has 8 heteroatoms. The van der Waals surface area contributed by atoms with Crippen LogP contribution in [-0.2, 0) is 23.9 Å². The number of esters is 2. The number of ether oxygens (including phenoxy) is 3. The number of nitrogens with zero attached hydrogens (tertiary/aromatic N) is 1. The van der Waals surface area contributed by atoms with Crippen LogP contribution in [0.15, 0.2) is 24.3 Å². The highest BCUT2D eigenvalue weighted by atomic mass is 127. The molecule has 0 aliphatic rings. The minimum atomic E-state index is -0.633. The standard InChI is InChI=1S/C14H16INO6/c1-20-13(18)7-16(8-14(19)21-2)12(17)9-22-11-5-3-10(15)4-6-11/h3-6H,7-9H2,1-2H3. The second kappa shape index (κ2) is 9.23. The van der Waals surface area contributed by atoms with E-state index in [-0.39, 0.29) is 19.7 Å². The van der Waals surface area contributed by atoms with E-state index in [0.717, 1.165) is 8.47 Å². The molecule has 0 atom stereocenters. The van der Waals surface area contributed by atoms with Gasteiger partial charge in [0, 0.05) is 3.57 Å². The van der Waals surface area contributed by atoms with Gasteiger partial charge in [0.25, 0.3) is 5.91 Å². The topological polar surface area (TPSA) is 82.1 Å². The number of halogens is 1. The summed E-state index contributed by atoms with van der Waals surface area (Å²) in [5.74, 6) is -1.27. The van der Waals surface area contributed by atoms with Crippen molar-refractivity contribution >= 4 is 40.4 Å². The molecule has 7 nitrogen and oxygen atoms in total. The Kier molecular flexibility index (Phi) is 7.64. The first-order valence-electron chi connectivity index (χ1n) is 6.26. The van der Waals surface area contributed by atoms with Gasteiger partial charge in [0.15, 0.2) is 6.61 Å². The molecular formula is C14H16INO6. The maximum atomic E-state index is 12.1. The van der Waals surface area contributed by atoms with Crippen LogP contribution >= 0.6 is 22.6 Å². The van der Waals surface area contributed by atoms with E-state index in [9.17, 15) is 14.4 Å². The van der Waals surface area contributed by atoms with Gasteiger partial charge in [-0.1, -0.05) is 0 Å². The van der Waals surface area contributed by atoms with Crippen molar-refractivity contribution in [1.29, 1.82) is 0 Å². The zero-order valence-electron chi connectivity index (χ0n) is 12.2. The van der Waals surface area contributed by atoms with Crippen LogP contribution in [0.3, 0.4) is 0 Å². The number of carbonyl (C=O) groups excluding carboxylic acids is 3. The van der Waals surface area contributed by atoms with E-state index in [2.05, 4.69) is 32.1 Å². The Balaban J connectivity index is 2.63. The van der Waals surface area contributed by atoms with Crippen molar-refractivity contribution in [3.05, 3.63) is 27.8 Å². The number of amides is 1. The van der Waals surface area contributed by atoms with E-state index in [1.54, 1.807) is 12.1 Å². The van der Waals surface area contributed by atoms with E-state index in [1.165, 1.54) is 14.2 Å². The van der Waals surface area contributed by atoms with Crippen LogP contribution in [-0.4, -0.2) is 56.7 Å². The van der Waals surface area contributed by atoms with Crippen LogP contribution < -0.4 is 4.74 Å². The monoisotopic (exact) mass is 421 g/mol. The molecule has 0 bridgehead atoms. The lowest BCUT2D eigenvalue weighted by Crippen LogP contribution is -2.42. The van der Waals surface area contributed by atoms with Gasteiger partial charge < -0.3 is 19.1 Å². The predicted octanol–water partition coefficient (Wildman–Crippen LogP) is 0.845. The Morgan fingerprint density at radius 3 is 1.95 bits per heavy atom. The summed E-state index contributed by atoms with van der Waals surface area (Å²) >= 11 is 2.15. The number of hydrogen-bond donors (Lipinski definition) is 0. The molecular weight excluding hydrogens is 405 g/mol. The molecule has 22 heavy (non-hydrogen) atoms. The zero-order chi connectivity index (χ0) is 16.5. The first kappa shape index (κ1) is 18.2. The molecule has 0 aliphatic heterocycles. The highest BCUT2D eigenvalue weighted by Crippen LogP contribution is 2.13. The second-order valence-corrected chi connectivity index (χ2v) is 5.39. The van der Waals surface area contributed by atoms with Crippen molar-refractivity contribution in [2.24, 2.45) is 0 Å². The maximum absolute atomic E-state index is 12.1. The number of carbonyl (C=O) groups is 3. The minimum Gasteiger partial charge on any atom is -0.484 e. The van der Waals surface area contributed by atoms with Gasteiger partial charge in [-0.2, -0.15) is 0 Å². The largest absolute Gasteiger partial charge is 0.484 e. The van der Waals surface area contributed by atoms with Gasteiger partial charge in [-0.15, -0.1) is 0 Å². The third-order valence-corrected chi connectivity index (χ3v) is 3.34. The van der Waals surface area contributed by atoms with Gasteiger partial charge in [0.1, 0.15) is 18.8 Å². The Morgan fingerprint density at radius 2 is 1.50 bits per heavy atom. The van der Waals surface area contributed by atoms with Gasteiger partial charge in [-0.3, -0.25) is 14.4 Å². The molecule has 0 saturated heterocycles. The third kappa shape index (κ3) is 6.29. The molecule has 1 aromatic rings. The van der Waals surface area contributed by atoms with E-state index >= 15 is 0 Å². The Hall–Kier alpha value is -1.84. The summed E-state index contributed by atoms with van der Waals surface area (Å²) in [7, 11) is 2.40. The lowest BCUT2D eigenvalue weighted by molar-refractivity contribution is -0.152. The third-order valence-electron chi connectivity index (χ3n) is 2.62. The molecule has 0 N–H and O–H groups in total. The van der Waals surface area contributed by atoms with Crippen molar-refractivity contribution in [3.63, 3.8) is 0 Å². The second-order valence-electron chi connectivity index (χ2n) is 4.14. The minimum absolute atomic E-state index is 0.297. The van der Waals surface area contributed by atoms with Crippen LogP contribution in [0.4, 0.5) is 0 Å². The molecule has 0 heterocycles. The summed E-state index contributed by atoms with van der Waals surface area (Å²) in [6.45, 7) is -0.991. The van der Waals surface area contributed by atoms with Crippen LogP contribution in [0.25, 0.3) is 0 Å². The van der Waals surface area contributed by atoms with Crippen LogP contribution in [0, 0.1) is 3.57 Å². The summed E-state index contributed by atoms with van der Waals surface area (Å²) < 4.78 is 15.4. The average Bonchev–Trinajstić information content (AvgIpc) is 2.52. The molecule has 120 valence electrons. The van der Waals surface area contributed by atoms with Crippen molar-refractivity contribution in [1.82, 2.24) is 4.90 Å². The summed E-state index contributed by atoms with van der Waals surface area (Å²) in [6.07, 6.45) is 0. The number of benzene rings is 1. The molecule has 0 radical (unpaired) electrons. The fraction of sp³-hybridized carbons (Fsp3) is 0.357. The van der Waals surface area contributed by atoms with Crippen molar-refractivity contribution in [2.75, 3.05) is 33.9 Å². The lowest BCUT2D eigenvalue weighted by atomic mass is 10.3. The lowest BCUT2D eigenvalue weighted by Gasteiger charge is -2.20. The van der Waals surface area contributed by atoms with Crippen molar-refractivity contribution < 1.29 is 28.6 Å². The van der Waals surface area contributed by atoms with E-state index in [1.807, 2.05) is 12.1 Å². The molecule has 1 rings (SSSR count). The molecule has 0 fully saturated rings. The van der Waals surface area contributed by atoms with Crippen LogP contribution in [0.1, 0.15) is 0 Å². The van der Waals surface area contributed by atoms with Crippen molar-refractivity contribution in [2.45, 2.75) is 0 Å².